The van der Waals surface area contributed by atoms with Gasteiger partial charge in [-0.15, -0.1) is 5.56 Å². The zero-order chi connectivity index (χ0) is 9.15. The molecule has 1 aromatic rings. The van der Waals surface area contributed by atoms with E-state index in [4.69, 9.17) is 0 Å². The van der Waals surface area contributed by atoms with Crippen molar-refractivity contribution in [3.05, 3.63) is 35.9 Å². The van der Waals surface area contributed by atoms with Gasteiger partial charge in [-0.1, -0.05) is 0 Å². The summed E-state index contributed by atoms with van der Waals surface area (Å²) >= 11 is 0. The summed E-state index contributed by atoms with van der Waals surface area (Å²) < 4.78 is 0. The molecule has 1 radical (unpaired) electrons. The van der Waals surface area contributed by atoms with Crippen LogP contribution in [0, 0.1) is 6.07 Å². The Balaban J connectivity index is 0.000000980. The van der Waals surface area contributed by atoms with E-state index in [-0.39, 0.29) is 32.7 Å². The third-order valence-electron chi connectivity index (χ3n) is 2.69. The zero-order valence-electron chi connectivity index (χ0n) is 8.16. The summed E-state index contributed by atoms with van der Waals surface area (Å²) in [6.07, 6.45) is 1.61. The van der Waals surface area contributed by atoms with Crippen molar-refractivity contribution in [1.82, 2.24) is 5.32 Å². The van der Waals surface area contributed by atoms with E-state index in [0.717, 1.165) is 31.5 Å². The molecule has 0 saturated carbocycles. The van der Waals surface area contributed by atoms with Crippen LogP contribution in [0.3, 0.4) is 0 Å². The molecule has 0 aromatic heterocycles. The van der Waals surface area contributed by atoms with E-state index in [1.165, 1.54) is 0 Å². The van der Waals surface area contributed by atoms with Gasteiger partial charge >= 0.3 is 0 Å². The van der Waals surface area contributed by atoms with E-state index in [0.29, 0.717) is 0 Å². The first-order valence-corrected chi connectivity index (χ1v) is 4.71. The second-order valence-corrected chi connectivity index (χ2v) is 3.57. The van der Waals surface area contributed by atoms with Gasteiger partial charge < -0.3 is 10.4 Å². The number of hydrogen-bond acceptors (Lipinski definition) is 2. The van der Waals surface area contributed by atoms with Gasteiger partial charge in [0.15, 0.2) is 0 Å². The fourth-order valence-electron chi connectivity index (χ4n) is 1.83. The summed E-state index contributed by atoms with van der Waals surface area (Å²) in [7, 11) is 0. The van der Waals surface area contributed by atoms with Crippen molar-refractivity contribution < 1.29 is 37.8 Å². The molecule has 0 spiro atoms. The van der Waals surface area contributed by atoms with Gasteiger partial charge in [0.05, 0.1) is 5.60 Å². The molecule has 1 fully saturated rings. The molecule has 0 aliphatic carbocycles. The molecule has 1 aromatic carbocycles. The Bertz CT molecular complexity index is 270. The molecule has 0 bridgehead atoms. The molecule has 2 N–H and O–H groups in total. The van der Waals surface area contributed by atoms with E-state index in [1.807, 2.05) is 24.3 Å². The summed E-state index contributed by atoms with van der Waals surface area (Å²) in [6, 6.07) is 10.6. The normalized spacial score (nSPS) is 19.8. The SMILES string of the molecule is OC1(c2cc[c-]cc2)CCNCC1.[Y]. The molecular formula is C11H14NOY-. The van der Waals surface area contributed by atoms with Crippen LogP contribution in [-0.4, -0.2) is 18.2 Å². The molecule has 1 aliphatic rings. The van der Waals surface area contributed by atoms with Crippen LogP contribution in [0.5, 0.6) is 0 Å². The fraction of sp³-hybridized carbons (Fsp3) is 0.455. The fourth-order valence-corrected chi connectivity index (χ4v) is 1.83. The Morgan fingerprint density at radius 3 is 2.36 bits per heavy atom. The van der Waals surface area contributed by atoms with Crippen LogP contribution < -0.4 is 5.32 Å². The summed E-state index contributed by atoms with van der Waals surface area (Å²) in [5.41, 5.74) is 0.410. The molecule has 0 amide bonds. The van der Waals surface area contributed by atoms with E-state index >= 15 is 0 Å². The minimum atomic E-state index is -0.611. The van der Waals surface area contributed by atoms with Crippen LogP contribution >= 0.6 is 0 Å². The van der Waals surface area contributed by atoms with Gasteiger partial charge in [-0.3, -0.25) is 0 Å². The molecule has 0 atom stereocenters. The second-order valence-electron chi connectivity index (χ2n) is 3.57. The minimum absolute atomic E-state index is 0. The Labute approximate surface area is 110 Å². The average Bonchev–Trinajstić information content (AvgIpc) is 2.20. The summed E-state index contributed by atoms with van der Waals surface area (Å²) in [5.74, 6) is 0. The Morgan fingerprint density at radius 2 is 1.79 bits per heavy atom. The standard InChI is InChI=1S/C11H14NO.Y/c13-11(6-8-12-9-7-11)10-4-2-1-3-5-10;/h2-5,12-13H,6-9H2;/q-1;. The molecular weight excluding hydrogens is 251 g/mol. The zero-order valence-corrected chi connectivity index (χ0v) is 11.0. The molecule has 3 heteroatoms. The number of hydrogen-bond donors (Lipinski definition) is 2. The summed E-state index contributed by atoms with van der Waals surface area (Å²) in [6.45, 7) is 1.80. The molecule has 1 aliphatic heterocycles. The number of aliphatic hydroxyl groups is 1. The Hall–Kier alpha value is 0.244. The van der Waals surface area contributed by atoms with Gasteiger partial charge in [0.1, 0.15) is 0 Å². The predicted molar refractivity (Wildman–Crippen MR) is 51.3 cm³/mol. The number of nitrogens with one attached hydrogen (secondary N) is 1. The van der Waals surface area contributed by atoms with E-state index < -0.39 is 5.60 Å². The summed E-state index contributed by atoms with van der Waals surface area (Å²) in [4.78, 5) is 0. The molecule has 14 heavy (non-hydrogen) atoms. The van der Waals surface area contributed by atoms with Crippen LogP contribution in [0.15, 0.2) is 24.3 Å². The molecule has 73 valence electrons. The molecule has 1 heterocycles. The quantitative estimate of drug-likeness (QED) is 0.744. The van der Waals surface area contributed by atoms with Gasteiger partial charge in [-0.05, 0) is 25.9 Å². The topological polar surface area (TPSA) is 32.3 Å². The van der Waals surface area contributed by atoms with Crippen molar-refractivity contribution in [3.63, 3.8) is 0 Å². The van der Waals surface area contributed by atoms with Crippen LogP contribution in [0.2, 0.25) is 0 Å². The maximum atomic E-state index is 10.3. The molecule has 0 unspecified atom stereocenters. The van der Waals surface area contributed by atoms with Crippen molar-refractivity contribution in [2.45, 2.75) is 18.4 Å². The Morgan fingerprint density at radius 1 is 1.21 bits per heavy atom. The van der Waals surface area contributed by atoms with E-state index in [1.54, 1.807) is 0 Å². The smallest absolute Gasteiger partial charge is 0.0702 e. The van der Waals surface area contributed by atoms with Gasteiger partial charge in [0.25, 0.3) is 0 Å². The van der Waals surface area contributed by atoms with Crippen molar-refractivity contribution in [3.8, 4) is 0 Å². The number of benzene rings is 1. The first-order valence-electron chi connectivity index (χ1n) is 4.71. The van der Waals surface area contributed by atoms with Crippen molar-refractivity contribution in [2.75, 3.05) is 13.1 Å². The first-order chi connectivity index (χ1) is 6.31. The third kappa shape index (κ3) is 2.63. The molecule has 2 nitrogen and oxygen atoms in total. The van der Waals surface area contributed by atoms with Gasteiger partial charge in [-0.2, -0.15) is 30.3 Å². The first kappa shape index (κ1) is 12.3. The third-order valence-corrected chi connectivity index (χ3v) is 2.69. The minimum Gasteiger partial charge on any atom is -0.387 e. The van der Waals surface area contributed by atoms with Crippen LogP contribution in [0.25, 0.3) is 0 Å². The predicted octanol–water partition coefficient (Wildman–Crippen LogP) is 1.06. The Kier molecular flexibility index (Phi) is 4.72. The largest absolute Gasteiger partial charge is 0.387 e. The molecule has 1 saturated heterocycles. The van der Waals surface area contributed by atoms with Gasteiger partial charge in [0, 0.05) is 32.7 Å². The van der Waals surface area contributed by atoms with Crippen molar-refractivity contribution in [2.24, 2.45) is 0 Å². The van der Waals surface area contributed by atoms with Crippen molar-refractivity contribution >= 4 is 0 Å². The van der Waals surface area contributed by atoms with E-state index in [9.17, 15) is 5.11 Å². The average molecular weight is 265 g/mol. The molecule has 2 rings (SSSR count). The number of piperidine rings is 1. The van der Waals surface area contributed by atoms with Gasteiger partial charge in [0.2, 0.25) is 0 Å². The second kappa shape index (κ2) is 5.36. The van der Waals surface area contributed by atoms with Crippen LogP contribution in [0.1, 0.15) is 18.4 Å². The van der Waals surface area contributed by atoms with E-state index in [2.05, 4.69) is 11.4 Å². The number of rotatable bonds is 1. The summed E-state index contributed by atoms with van der Waals surface area (Å²) in [5, 5.41) is 13.5. The maximum absolute atomic E-state index is 10.3. The monoisotopic (exact) mass is 265 g/mol. The van der Waals surface area contributed by atoms with Crippen molar-refractivity contribution in [1.29, 1.82) is 0 Å². The van der Waals surface area contributed by atoms with Crippen LogP contribution in [0.4, 0.5) is 0 Å². The van der Waals surface area contributed by atoms with Crippen LogP contribution in [-0.2, 0) is 38.3 Å². The van der Waals surface area contributed by atoms with Gasteiger partial charge in [-0.25, -0.2) is 0 Å². The maximum Gasteiger partial charge on any atom is 0.0702 e.